The van der Waals surface area contributed by atoms with Crippen LogP contribution in [0.1, 0.15) is 13.3 Å². The summed E-state index contributed by atoms with van der Waals surface area (Å²) in [7, 11) is 0. The van der Waals surface area contributed by atoms with E-state index in [0.717, 1.165) is 0 Å². The highest BCUT2D eigenvalue weighted by molar-refractivity contribution is 5.95. The van der Waals surface area contributed by atoms with Crippen LogP contribution < -0.4 is 16.4 Å². The quantitative estimate of drug-likeness (QED) is 0.708. The van der Waals surface area contributed by atoms with Crippen molar-refractivity contribution < 1.29 is 14.4 Å². The van der Waals surface area contributed by atoms with E-state index in [9.17, 15) is 14.4 Å². The van der Waals surface area contributed by atoms with Crippen molar-refractivity contribution in [3.05, 3.63) is 24.3 Å². The van der Waals surface area contributed by atoms with E-state index in [1.165, 1.54) is 6.92 Å². The number of carbonyl (C=O) groups is 3. The van der Waals surface area contributed by atoms with Crippen molar-refractivity contribution in [2.75, 3.05) is 17.2 Å². The molecule has 1 atom stereocenters. The summed E-state index contributed by atoms with van der Waals surface area (Å²) < 4.78 is 0. The predicted octanol–water partition coefficient (Wildman–Crippen LogP) is 0.641. The van der Waals surface area contributed by atoms with Crippen molar-refractivity contribution in [2.45, 2.75) is 13.3 Å². The van der Waals surface area contributed by atoms with Crippen LogP contribution in [0.4, 0.5) is 11.4 Å². The molecule has 0 aromatic heterocycles. The Morgan fingerprint density at radius 1 is 1.14 bits per heavy atom. The van der Waals surface area contributed by atoms with Gasteiger partial charge in [0.1, 0.15) is 11.7 Å². The van der Waals surface area contributed by atoms with Crippen LogP contribution in [0.15, 0.2) is 24.3 Å². The number of ketones is 1. The van der Waals surface area contributed by atoms with Crippen molar-refractivity contribution >= 4 is 29.0 Å². The van der Waals surface area contributed by atoms with Crippen molar-refractivity contribution in [1.29, 1.82) is 5.26 Å². The molecule has 0 fully saturated rings. The van der Waals surface area contributed by atoms with Gasteiger partial charge in [-0.3, -0.25) is 14.4 Å². The van der Waals surface area contributed by atoms with Gasteiger partial charge in [0.15, 0.2) is 0 Å². The summed E-state index contributed by atoms with van der Waals surface area (Å²) in [6.07, 6.45) is -0.183. The van der Waals surface area contributed by atoms with Crippen LogP contribution in [0.3, 0.4) is 0 Å². The van der Waals surface area contributed by atoms with Gasteiger partial charge in [-0.25, -0.2) is 0 Å². The van der Waals surface area contributed by atoms with Gasteiger partial charge in [0.2, 0.25) is 11.8 Å². The Bertz CT molecular complexity index is 575. The van der Waals surface area contributed by atoms with Crippen LogP contribution in [0.25, 0.3) is 0 Å². The number of carbonyl (C=O) groups excluding carboxylic acids is 3. The number of nitriles is 1. The molecule has 0 aliphatic rings. The van der Waals surface area contributed by atoms with E-state index in [1.54, 1.807) is 30.3 Å². The van der Waals surface area contributed by atoms with Crippen LogP contribution in [-0.2, 0) is 14.4 Å². The molecule has 0 aliphatic heterocycles. The zero-order chi connectivity index (χ0) is 15.8. The minimum atomic E-state index is -0.937. The van der Waals surface area contributed by atoms with E-state index < -0.39 is 11.8 Å². The second-order valence-corrected chi connectivity index (χ2v) is 4.37. The molecule has 0 aliphatic carbocycles. The predicted molar refractivity (Wildman–Crippen MR) is 77.2 cm³/mol. The summed E-state index contributed by atoms with van der Waals surface area (Å²) in [5.41, 5.74) is 6.24. The zero-order valence-corrected chi connectivity index (χ0v) is 11.6. The monoisotopic (exact) mass is 288 g/mol. The molecule has 1 aromatic rings. The normalized spacial score (nSPS) is 11.1. The fourth-order valence-corrected chi connectivity index (χ4v) is 1.53. The average molecular weight is 288 g/mol. The molecule has 0 radical (unpaired) electrons. The summed E-state index contributed by atoms with van der Waals surface area (Å²) in [5, 5.41) is 13.9. The number of amides is 2. The number of hydrogen-bond acceptors (Lipinski definition) is 5. The Morgan fingerprint density at radius 3 is 2.00 bits per heavy atom. The molecule has 0 heterocycles. The second kappa shape index (κ2) is 7.77. The van der Waals surface area contributed by atoms with Crippen LogP contribution in [0, 0.1) is 17.2 Å². The molecule has 0 bridgehead atoms. The first-order valence-electron chi connectivity index (χ1n) is 6.26. The highest BCUT2D eigenvalue weighted by atomic mass is 16.2. The van der Waals surface area contributed by atoms with Crippen LogP contribution >= 0.6 is 0 Å². The third-order valence-electron chi connectivity index (χ3n) is 2.67. The van der Waals surface area contributed by atoms with Gasteiger partial charge in [0.25, 0.3) is 0 Å². The summed E-state index contributed by atoms with van der Waals surface area (Å²) in [5.74, 6) is -2.01. The van der Waals surface area contributed by atoms with Gasteiger partial charge in [-0.1, -0.05) is 0 Å². The molecule has 0 saturated heterocycles. The molecule has 1 unspecified atom stereocenters. The lowest BCUT2D eigenvalue weighted by atomic mass is 10.0. The Labute approximate surface area is 122 Å². The molecule has 110 valence electrons. The second-order valence-electron chi connectivity index (χ2n) is 4.37. The van der Waals surface area contributed by atoms with Gasteiger partial charge < -0.3 is 16.4 Å². The van der Waals surface area contributed by atoms with Gasteiger partial charge in [0, 0.05) is 17.8 Å². The third kappa shape index (κ3) is 5.42. The number of hydrogen-bond donors (Lipinski definition) is 3. The lowest BCUT2D eigenvalue weighted by molar-refractivity contribution is -0.123. The molecular weight excluding hydrogens is 272 g/mol. The Hall–Kier alpha value is -2.72. The standard InChI is InChI=1S/C14H16N4O3/c1-9(19)10(7-15)6-13(20)17-11-2-4-12(5-3-11)18-14(21)8-16/h2-5,10H,6,8,16H2,1H3,(H,17,20)(H,18,21). The summed E-state index contributed by atoms with van der Waals surface area (Å²) >= 11 is 0. The Balaban J connectivity index is 2.59. The van der Waals surface area contributed by atoms with Gasteiger partial charge in [0.05, 0.1) is 12.6 Å². The average Bonchev–Trinajstić information content (AvgIpc) is 2.46. The molecular formula is C14H16N4O3. The minimum Gasteiger partial charge on any atom is -0.326 e. The molecule has 2 amide bonds. The van der Waals surface area contributed by atoms with Gasteiger partial charge in [-0.05, 0) is 31.2 Å². The van der Waals surface area contributed by atoms with E-state index in [0.29, 0.717) is 11.4 Å². The number of benzene rings is 1. The smallest absolute Gasteiger partial charge is 0.238 e. The zero-order valence-electron chi connectivity index (χ0n) is 11.6. The van der Waals surface area contributed by atoms with Crippen LogP contribution in [0.5, 0.6) is 0 Å². The Kier molecular flexibility index (Phi) is 6.04. The maximum atomic E-state index is 11.7. The van der Waals surface area contributed by atoms with Crippen molar-refractivity contribution in [3.63, 3.8) is 0 Å². The number of nitrogens with zero attached hydrogens (tertiary/aromatic N) is 1. The summed E-state index contributed by atoms with van der Waals surface area (Å²) in [6.45, 7) is 1.16. The highest BCUT2D eigenvalue weighted by Gasteiger charge is 2.17. The maximum absolute atomic E-state index is 11.7. The molecule has 1 rings (SSSR count). The molecule has 0 spiro atoms. The SMILES string of the molecule is CC(=O)C(C#N)CC(=O)Nc1ccc(NC(=O)CN)cc1. The van der Waals surface area contributed by atoms with E-state index in [2.05, 4.69) is 10.6 Å². The first kappa shape index (κ1) is 16.3. The molecule has 7 heteroatoms. The minimum absolute atomic E-state index is 0.112. The van der Waals surface area contributed by atoms with Gasteiger partial charge in [-0.15, -0.1) is 0 Å². The van der Waals surface area contributed by atoms with Gasteiger partial charge >= 0.3 is 0 Å². The van der Waals surface area contributed by atoms with Crippen molar-refractivity contribution in [1.82, 2.24) is 0 Å². The molecule has 1 aromatic carbocycles. The molecule has 0 saturated carbocycles. The lowest BCUT2D eigenvalue weighted by Crippen LogP contribution is -2.22. The number of rotatable bonds is 6. The van der Waals surface area contributed by atoms with Crippen LogP contribution in [-0.4, -0.2) is 24.1 Å². The van der Waals surface area contributed by atoms with Crippen LogP contribution in [0.2, 0.25) is 0 Å². The van der Waals surface area contributed by atoms with E-state index in [-0.39, 0.29) is 24.7 Å². The molecule has 21 heavy (non-hydrogen) atoms. The number of nitrogens with two attached hydrogens (primary N) is 1. The third-order valence-corrected chi connectivity index (χ3v) is 2.67. The summed E-state index contributed by atoms with van der Waals surface area (Å²) in [4.78, 5) is 33.9. The number of Topliss-reactive ketones (excluding diaryl/α,β-unsaturated/α-hetero) is 1. The fourth-order valence-electron chi connectivity index (χ4n) is 1.53. The molecule has 7 nitrogen and oxygen atoms in total. The fraction of sp³-hybridized carbons (Fsp3) is 0.286. The molecule has 4 N–H and O–H groups in total. The van der Waals surface area contributed by atoms with Crippen molar-refractivity contribution in [2.24, 2.45) is 11.7 Å². The Morgan fingerprint density at radius 2 is 1.62 bits per heavy atom. The van der Waals surface area contributed by atoms with E-state index >= 15 is 0 Å². The number of nitrogens with one attached hydrogen (secondary N) is 2. The highest BCUT2D eigenvalue weighted by Crippen LogP contribution is 2.14. The summed E-state index contributed by atoms with van der Waals surface area (Å²) in [6, 6.07) is 8.19. The maximum Gasteiger partial charge on any atom is 0.238 e. The first-order chi connectivity index (χ1) is 9.96. The number of anilines is 2. The topological polar surface area (TPSA) is 125 Å². The van der Waals surface area contributed by atoms with E-state index in [1.807, 2.05) is 0 Å². The van der Waals surface area contributed by atoms with Gasteiger partial charge in [-0.2, -0.15) is 5.26 Å². The van der Waals surface area contributed by atoms with E-state index in [4.69, 9.17) is 11.0 Å². The lowest BCUT2D eigenvalue weighted by Gasteiger charge is -2.08. The largest absolute Gasteiger partial charge is 0.326 e. The first-order valence-corrected chi connectivity index (χ1v) is 6.26. The van der Waals surface area contributed by atoms with Crippen molar-refractivity contribution in [3.8, 4) is 6.07 Å².